The van der Waals surface area contributed by atoms with E-state index in [0.29, 0.717) is 0 Å². The largest absolute Gasteiger partial charge is 0.304 e. The van der Waals surface area contributed by atoms with Crippen LogP contribution in [0.3, 0.4) is 0 Å². The van der Waals surface area contributed by atoms with Gasteiger partial charge >= 0.3 is 0 Å². The smallest absolute Gasteiger partial charge is 0.269 e. The van der Waals surface area contributed by atoms with Gasteiger partial charge in [-0.1, -0.05) is 12.1 Å². The summed E-state index contributed by atoms with van der Waals surface area (Å²) in [5.41, 5.74) is 3.66. The molecule has 0 bridgehead atoms. The number of nitro benzene ring substituents is 1. The molecule has 0 spiro atoms. The number of carbonyl (C=O) groups is 1. The SMILES string of the molecule is CN1CCN(NC(=O)Cc2ccc([N+](=O)[O-])cc2)CC1. The predicted octanol–water partition coefficient (Wildman–Crippen LogP) is 0.416. The number of likely N-dealkylation sites (N-methyl/N-ethyl adjacent to an activating group) is 1. The fourth-order valence-electron chi connectivity index (χ4n) is 2.06. The monoisotopic (exact) mass is 278 g/mol. The van der Waals surface area contributed by atoms with E-state index in [4.69, 9.17) is 0 Å². The molecule has 0 saturated carbocycles. The van der Waals surface area contributed by atoms with Crippen LogP contribution in [-0.4, -0.2) is 54.0 Å². The fourth-order valence-corrected chi connectivity index (χ4v) is 2.06. The third kappa shape index (κ3) is 4.01. The number of hydrogen-bond donors (Lipinski definition) is 1. The van der Waals surface area contributed by atoms with Crippen LogP contribution in [0.2, 0.25) is 0 Å². The molecule has 0 aliphatic carbocycles. The van der Waals surface area contributed by atoms with Crippen molar-refractivity contribution >= 4 is 11.6 Å². The summed E-state index contributed by atoms with van der Waals surface area (Å²) in [6.45, 7) is 3.47. The van der Waals surface area contributed by atoms with Crippen molar-refractivity contribution in [3.05, 3.63) is 39.9 Å². The Balaban J connectivity index is 1.83. The van der Waals surface area contributed by atoms with E-state index in [0.717, 1.165) is 31.7 Å². The number of non-ortho nitro benzene ring substituents is 1. The van der Waals surface area contributed by atoms with Crippen molar-refractivity contribution in [2.45, 2.75) is 6.42 Å². The van der Waals surface area contributed by atoms with Crippen LogP contribution < -0.4 is 5.43 Å². The van der Waals surface area contributed by atoms with Crippen LogP contribution in [0.15, 0.2) is 24.3 Å². The lowest BCUT2D eigenvalue weighted by molar-refractivity contribution is -0.384. The van der Waals surface area contributed by atoms with Crippen molar-refractivity contribution in [1.82, 2.24) is 15.3 Å². The van der Waals surface area contributed by atoms with E-state index in [-0.39, 0.29) is 18.0 Å². The molecule has 7 nitrogen and oxygen atoms in total. The van der Waals surface area contributed by atoms with Gasteiger partial charge in [0.1, 0.15) is 0 Å². The number of benzene rings is 1. The maximum absolute atomic E-state index is 11.9. The maximum atomic E-state index is 11.9. The molecule has 2 rings (SSSR count). The third-order valence-electron chi connectivity index (χ3n) is 3.30. The summed E-state index contributed by atoms with van der Waals surface area (Å²) in [5.74, 6) is -0.0941. The van der Waals surface area contributed by atoms with Gasteiger partial charge in [-0.05, 0) is 12.6 Å². The molecule has 1 heterocycles. The first-order valence-electron chi connectivity index (χ1n) is 6.51. The maximum Gasteiger partial charge on any atom is 0.269 e. The second kappa shape index (κ2) is 6.44. The number of carbonyl (C=O) groups excluding carboxylic acids is 1. The average Bonchev–Trinajstić information content (AvgIpc) is 2.42. The van der Waals surface area contributed by atoms with E-state index in [1.54, 1.807) is 12.1 Å². The minimum atomic E-state index is -0.450. The zero-order valence-electron chi connectivity index (χ0n) is 11.4. The second-order valence-electron chi connectivity index (χ2n) is 4.93. The van der Waals surface area contributed by atoms with E-state index < -0.39 is 4.92 Å². The number of rotatable bonds is 4. The van der Waals surface area contributed by atoms with Gasteiger partial charge in [0.2, 0.25) is 5.91 Å². The number of hydrazine groups is 1. The second-order valence-corrected chi connectivity index (χ2v) is 4.93. The fraction of sp³-hybridized carbons (Fsp3) is 0.462. The first-order valence-corrected chi connectivity index (χ1v) is 6.51. The molecule has 1 saturated heterocycles. The number of amides is 1. The predicted molar refractivity (Wildman–Crippen MR) is 74.0 cm³/mol. The van der Waals surface area contributed by atoms with Gasteiger partial charge < -0.3 is 4.90 Å². The molecule has 0 unspecified atom stereocenters. The number of nitro groups is 1. The van der Waals surface area contributed by atoms with Gasteiger partial charge in [-0.15, -0.1) is 0 Å². The van der Waals surface area contributed by atoms with Gasteiger partial charge in [-0.3, -0.25) is 20.3 Å². The molecule has 108 valence electrons. The summed E-state index contributed by atoms with van der Waals surface area (Å²) < 4.78 is 0. The molecule has 1 N–H and O–H groups in total. The first kappa shape index (κ1) is 14.4. The van der Waals surface area contributed by atoms with Crippen LogP contribution in [0, 0.1) is 10.1 Å². The summed E-state index contributed by atoms with van der Waals surface area (Å²) in [4.78, 5) is 24.2. The van der Waals surface area contributed by atoms with Crippen LogP contribution in [0.5, 0.6) is 0 Å². The Hall–Kier alpha value is -1.99. The van der Waals surface area contributed by atoms with Gasteiger partial charge in [0.05, 0.1) is 11.3 Å². The van der Waals surface area contributed by atoms with Crippen molar-refractivity contribution in [3.8, 4) is 0 Å². The molecule has 0 atom stereocenters. The molecule has 1 amide bonds. The van der Waals surface area contributed by atoms with Crippen LogP contribution in [0.25, 0.3) is 0 Å². The highest BCUT2D eigenvalue weighted by atomic mass is 16.6. The molecule has 1 aromatic rings. The van der Waals surface area contributed by atoms with E-state index in [1.165, 1.54) is 12.1 Å². The van der Waals surface area contributed by atoms with E-state index in [9.17, 15) is 14.9 Å². The number of nitrogens with zero attached hydrogens (tertiary/aromatic N) is 3. The summed E-state index contributed by atoms with van der Waals surface area (Å²) in [6.07, 6.45) is 0.227. The molecule has 1 fully saturated rings. The van der Waals surface area contributed by atoms with Crippen molar-refractivity contribution in [2.75, 3.05) is 33.2 Å². The topological polar surface area (TPSA) is 78.7 Å². The van der Waals surface area contributed by atoms with Crippen LogP contribution in [-0.2, 0) is 11.2 Å². The Kier molecular flexibility index (Phi) is 4.65. The summed E-state index contributed by atoms with van der Waals surface area (Å²) in [5, 5.41) is 12.4. The van der Waals surface area contributed by atoms with Gasteiger partial charge in [-0.25, -0.2) is 5.01 Å². The van der Waals surface area contributed by atoms with Crippen molar-refractivity contribution < 1.29 is 9.72 Å². The number of piperazine rings is 1. The first-order chi connectivity index (χ1) is 9.54. The Morgan fingerprint density at radius 3 is 2.40 bits per heavy atom. The van der Waals surface area contributed by atoms with E-state index >= 15 is 0 Å². The normalized spacial score (nSPS) is 16.9. The lowest BCUT2D eigenvalue weighted by atomic mass is 10.1. The zero-order valence-corrected chi connectivity index (χ0v) is 11.4. The molecule has 0 aromatic heterocycles. The number of nitrogens with one attached hydrogen (secondary N) is 1. The molecule has 7 heteroatoms. The highest BCUT2D eigenvalue weighted by Crippen LogP contribution is 2.12. The lowest BCUT2D eigenvalue weighted by Gasteiger charge is -2.32. The van der Waals surface area contributed by atoms with Crippen molar-refractivity contribution in [1.29, 1.82) is 0 Å². The molecule has 0 radical (unpaired) electrons. The Morgan fingerprint density at radius 2 is 1.85 bits per heavy atom. The van der Waals surface area contributed by atoms with Gasteiger partial charge in [0, 0.05) is 38.3 Å². The number of hydrogen-bond acceptors (Lipinski definition) is 5. The van der Waals surface area contributed by atoms with Crippen molar-refractivity contribution in [2.24, 2.45) is 0 Å². The lowest BCUT2D eigenvalue weighted by Crippen LogP contribution is -2.52. The minimum absolute atomic E-state index is 0.0354. The molecule has 1 aliphatic rings. The van der Waals surface area contributed by atoms with Gasteiger partial charge in [-0.2, -0.15) is 0 Å². The summed E-state index contributed by atoms with van der Waals surface area (Å²) in [7, 11) is 2.05. The highest BCUT2D eigenvalue weighted by molar-refractivity contribution is 5.78. The van der Waals surface area contributed by atoms with E-state index in [1.807, 2.05) is 5.01 Å². The van der Waals surface area contributed by atoms with Crippen molar-refractivity contribution in [3.63, 3.8) is 0 Å². The van der Waals surface area contributed by atoms with Gasteiger partial charge in [0.25, 0.3) is 5.69 Å². The quantitative estimate of drug-likeness (QED) is 0.637. The van der Waals surface area contributed by atoms with E-state index in [2.05, 4.69) is 17.4 Å². The Labute approximate surface area is 117 Å². The Morgan fingerprint density at radius 1 is 1.25 bits per heavy atom. The molecule has 1 aliphatic heterocycles. The zero-order chi connectivity index (χ0) is 14.5. The Bertz CT molecular complexity index is 481. The molecular weight excluding hydrogens is 260 g/mol. The summed E-state index contributed by atoms with van der Waals surface area (Å²) >= 11 is 0. The highest BCUT2D eigenvalue weighted by Gasteiger charge is 2.16. The van der Waals surface area contributed by atoms with Crippen LogP contribution in [0.1, 0.15) is 5.56 Å². The molecule has 20 heavy (non-hydrogen) atoms. The summed E-state index contributed by atoms with van der Waals surface area (Å²) in [6, 6.07) is 6.06. The third-order valence-corrected chi connectivity index (χ3v) is 3.30. The van der Waals surface area contributed by atoms with Crippen LogP contribution >= 0.6 is 0 Å². The average molecular weight is 278 g/mol. The molecular formula is C13H18N4O3. The molecule has 1 aromatic carbocycles. The van der Waals surface area contributed by atoms with Gasteiger partial charge in [0.15, 0.2) is 0 Å². The van der Waals surface area contributed by atoms with Crippen LogP contribution in [0.4, 0.5) is 5.69 Å². The minimum Gasteiger partial charge on any atom is -0.304 e. The standard InChI is InChI=1S/C13H18N4O3/c1-15-6-8-16(9-7-15)14-13(18)10-11-2-4-12(5-3-11)17(19)20/h2-5H,6-10H2,1H3,(H,14,18).